The molecule has 0 unspecified atom stereocenters. The van der Waals surface area contributed by atoms with Gasteiger partial charge in [0.05, 0.1) is 37.1 Å². The number of benzene rings is 2. The van der Waals surface area contributed by atoms with Gasteiger partial charge in [-0.05, 0) is 35.9 Å². The van der Waals surface area contributed by atoms with Crippen molar-refractivity contribution >= 4 is 23.4 Å². The van der Waals surface area contributed by atoms with Crippen LogP contribution in [0.4, 0.5) is 0 Å². The smallest absolute Gasteiger partial charge is 0.331 e. The molecule has 0 amide bonds. The fourth-order valence-corrected chi connectivity index (χ4v) is 3.40. The number of hydrogen-bond acceptors (Lipinski definition) is 7. The van der Waals surface area contributed by atoms with E-state index in [0.29, 0.717) is 22.8 Å². The van der Waals surface area contributed by atoms with Crippen LogP contribution in [0.25, 0.3) is 16.6 Å². The molecule has 29 heavy (non-hydrogen) atoms. The first kappa shape index (κ1) is 20.1. The first-order valence-corrected chi connectivity index (χ1v) is 9.53. The molecule has 0 radical (unpaired) electrons. The summed E-state index contributed by atoms with van der Waals surface area (Å²) in [6.07, 6.45) is 2.98. The number of para-hydroxylation sites is 1. The molecule has 3 rings (SSSR count). The lowest BCUT2D eigenvalue weighted by Crippen LogP contribution is -2.01. The third-order valence-corrected chi connectivity index (χ3v) is 4.92. The predicted octanol–water partition coefficient (Wildman–Crippen LogP) is 4.46. The van der Waals surface area contributed by atoms with E-state index in [1.165, 1.54) is 17.4 Å². The highest BCUT2D eigenvalue weighted by Crippen LogP contribution is 2.38. The number of hydrogen-bond donors (Lipinski definition) is 0. The highest BCUT2D eigenvalue weighted by atomic mass is 32.1. The van der Waals surface area contributed by atoms with Crippen LogP contribution in [0.2, 0.25) is 0 Å². The molecule has 146 valence electrons. The standard InChI is InChI=1S/C22H18N2O4S/c1-26-19-5-3-4-18(21(19)27-2)22-24-17(14-29-22)13-28-20(25)11-10-15-6-8-16(12-23)9-7-15/h3-11,14H,13H2,1-2H3/b11-10+. The van der Waals surface area contributed by atoms with Crippen LogP contribution in [0.3, 0.4) is 0 Å². The SMILES string of the molecule is COc1cccc(-c2nc(COC(=O)/C=C/c3ccc(C#N)cc3)cs2)c1OC. The van der Waals surface area contributed by atoms with Gasteiger partial charge in [0.25, 0.3) is 0 Å². The maximum Gasteiger partial charge on any atom is 0.331 e. The summed E-state index contributed by atoms with van der Waals surface area (Å²) in [6.45, 7) is 0.0688. The van der Waals surface area contributed by atoms with Crippen LogP contribution in [0.15, 0.2) is 53.9 Å². The van der Waals surface area contributed by atoms with Crippen LogP contribution in [0.1, 0.15) is 16.8 Å². The summed E-state index contributed by atoms with van der Waals surface area (Å²) in [5, 5.41) is 11.4. The molecule has 1 heterocycles. The van der Waals surface area contributed by atoms with E-state index in [1.807, 2.05) is 29.6 Å². The zero-order valence-electron chi connectivity index (χ0n) is 15.9. The van der Waals surface area contributed by atoms with E-state index in [0.717, 1.165) is 16.1 Å². The summed E-state index contributed by atoms with van der Waals surface area (Å²) in [4.78, 5) is 16.5. The molecule has 0 aliphatic carbocycles. The second-order valence-corrected chi connectivity index (χ2v) is 6.72. The molecule has 0 aliphatic rings. The summed E-state index contributed by atoms with van der Waals surface area (Å²) in [7, 11) is 3.16. The minimum Gasteiger partial charge on any atom is -0.493 e. The molecule has 1 aromatic heterocycles. The summed E-state index contributed by atoms with van der Waals surface area (Å²) in [6, 6.07) is 14.5. The molecule has 0 aliphatic heterocycles. The lowest BCUT2D eigenvalue weighted by atomic mass is 10.1. The van der Waals surface area contributed by atoms with Crippen molar-refractivity contribution in [3.63, 3.8) is 0 Å². The summed E-state index contributed by atoms with van der Waals surface area (Å²) in [5.41, 5.74) is 2.84. The number of ether oxygens (including phenoxy) is 3. The number of thiazole rings is 1. The predicted molar refractivity (Wildman–Crippen MR) is 111 cm³/mol. The van der Waals surface area contributed by atoms with Crippen molar-refractivity contribution in [3.8, 4) is 28.1 Å². The number of rotatable bonds is 7. The van der Waals surface area contributed by atoms with Gasteiger partial charge in [0.15, 0.2) is 11.5 Å². The third kappa shape index (κ3) is 5.00. The first-order valence-electron chi connectivity index (χ1n) is 8.65. The van der Waals surface area contributed by atoms with Gasteiger partial charge in [0.1, 0.15) is 11.6 Å². The molecule has 2 aromatic carbocycles. The number of carbonyl (C=O) groups is 1. The molecule has 0 fully saturated rings. The monoisotopic (exact) mass is 406 g/mol. The average Bonchev–Trinajstić information content (AvgIpc) is 3.24. The highest BCUT2D eigenvalue weighted by molar-refractivity contribution is 7.13. The second kappa shape index (κ2) is 9.53. The van der Waals surface area contributed by atoms with Gasteiger partial charge in [0, 0.05) is 11.5 Å². The minimum atomic E-state index is -0.470. The van der Waals surface area contributed by atoms with Crippen molar-refractivity contribution < 1.29 is 19.0 Å². The number of esters is 1. The molecule has 0 bridgehead atoms. The van der Waals surface area contributed by atoms with E-state index in [4.69, 9.17) is 19.5 Å². The summed E-state index contributed by atoms with van der Waals surface area (Å²) >= 11 is 1.43. The number of nitriles is 1. The maximum absolute atomic E-state index is 12.0. The molecule has 0 spiro atoms. The quantitative estimate of drug-likeness (QED) is 0.426. The third-order valence-electron chi connectivity index (χ3n) is 4.00. The Hall–Kier alpha value is -3.63. The van der Waals surface area contributed by atoms with Gasteiger partial charge in [-0.15, -0.1) is 11.3 Å². The van der Waals surface area contributed by atoms with Crippen LogP contribution < -0.4 is 9.47 Å². The Morgan fingerprint density at radius 3 is 2.66 bits per heavy atom. The maximum atomic E-state index is 12.0. The Morgan fingerprint density at radius 2 is 1.97 bits per heavy atom. The number of aromatic nitrogens is 1. The fraction of sp³-hybridized carbons (Fsp3) is 0.136. The minimum absolute atomic E-state index is 0.0688. The Bertz CT molecular complexity index is 1070. The molecule has 0 atom stereocenters. The summed E-state index contributed by atoms with van der Waals surface area (Å²) in [5.74, 6) is 0.766. The number of methoxy groups -OCH3 is 2. The Balaban J connectivity index is 1.63. The zero-order chi connectivity index (χ0) is 20.6. The van der Waals surface area contributed by atoms with E-state index in [2.05, 4.69) is 4.98 Å². The molecular formula is C22H18N2O4S. The zero-order valence-corrected chi connectivity index (χ0v) is 16.7. The van der Waals surface area contributed by atoms with E-state index >= 15 is 0 Å². The van der Waals surface area contributed by atoms with Gasteiger partial charge in [-0.2, -0.15) is 5.26 Å². The van der Waals surface area contributed by atoms with Gasteiger partial charge < -0.3 is 14.2 Å². The normalized spacial score (nSPS) is 10.5. The van der Waals surface area contributed by atoms with Crippen LogP contribution in [0, 0.1) is 11.3 Å². The van der Waals surface area contributed by atoms with Crippen molar-refractivity contribution in [2.45, 2.75) is 6.61 Å². The van der Waals surface area contributed by atoms with E-state index in [9.17, 15) is 4.79 Å². The lowest BCUT2D eigenvalue weighted by molar-refractivity contribution is -0.139. The van der Waals surface area contributed by atoms with Crippen LogP contribution in [0.5, 0.6) is 11.5 Å². The van der Waals surface area contributed by atoms with Gasteiger partial charge in [-0.1, -0.05) is 18.2 Å². The Kier molecular flexibility index (Phi) is 6.61. The van der Waals surface area contributed by atoms with E-state index in [1.54, 1.807) is 44.6 Å². The Morgan fingerprint density at radius 1 is 1.17 bits per heavy atom. The van der Waals surface area contributed by atoms with Crippen molar-refractivity contribution in [3.05, 3.63) is 70.7 Å². The fourth-order valence-electron chi connectivity index (χ4n) is 2.58. The Labute approximate surface area is 172 Å². The summed E-state index contributed by atoms with van der Waals surface area (Å²) < 4.78 is 16.0. The lowest BCUT2D eigenvalue weighted by Gasteiger charge is -2.10. The topological polar surface area (TPSA) is 81.4 Å². The molecule has 6 nitrogen and oxygen atoms in total. The highest BCUT2D eigenvalue weighted by Gasteiger charge is 2.15. The molecule has 0 saturated heterocycles. The largest absolute Gasteiger partial charge is 0.493 e. The van der Waals surface area contributed by atoms with Crippen LogP contribution in [-0.2, 0) is 16.1 Å². The van der Waals surface area contributed by atoms with Crippen molar-refractivity contribution in [1.29, 1.82) is 5.26 Å². The molecule has 7 heteroatoms. The number of carbonyl (C=O) groups excluding carboxylic acids is 1. The average molecular weight is 406 g/mol. The molecule has 3 aromatic rings. The van der Waals surface area contributed by atoms with Gasteiger partial charge in [0.2, 0.25) is 0 Å². The van der Waals surface area contributed by atoms with Crippen LogP contribution in [-0.4, -0.2) is 25.2 Å². The van der Waals surface area contributed by atoms with E-state index in [-0.39, 0.29) is 6.61 Å². The van der Waals surface area contributed by atoms with Gasteiger partial charge in [-0.3, -0.25) is 0 Å². The van der Waals surface area contributed by atoms with Crippen molar-refractivity contribution in [1.82, 2.24) is 4.98 Å². The van der Waals surface area contributed by atoms with Gasteiger partial charge >= 0.3 is 5.97 Å². The van der Waals surface area contributed by atoms with Crippen LogP contribution >= 0.6 is 11.3 Å². The van der Waals surface area contributed by atoms with Crippen molar-refractivity contribution in [2.24, 2.45) is 0 Å². The van der Waals surface area contributed by atoms with Gasteiger partial charge in [-0.25, -0.2) is 9.78 Å². The second-order valence-electron chi connectivity index (χ2n) is 5.86. The molecule has 0 N–H and O–H groups in total. The van der Waals surface area contributed by atoms with E-state index < -0.39 is 5.97 Å². The van der Waals surface area contributed by atoms with Crippen molar-refractivity contribution in [2.75, 3.05) is 14.2 Å². The molecular weight excluding hydrogens is 388 g/mol. The number of nitrogens with zero attached hydrogens (tertiary/aromatic N) is 2. The first-order chi connectivity index (χ1) is 14.1. The molecule has 0 saturated carbocycles.